The van der Waals surface area contributed by atoms with Gasteiger partial charge in [-0.3, -0.25) is 24.0 Å². The monoisotopic (exact) mass is 477 g/mol. The highest BCUT2D eigenvalue weighted by atomic mass is 16.8. The highest BCUT2D eigenvalue weighted by molar-refractivity contribution is 6.20. The van der Waals surface area contributed by atoms with Crippen LogP contribution in [0.2, 0.25) is 0 Å². The molecule has 11 heteroatoms. The second-order valence-electron chi connectivity index (χ2n) is 7.69. The van der Waals surface area contributed by atoms with E-state index in [1.807, 2.05) is 0 Å². The minimum Gasteiger partial charge on any atom is -0.455 e. The molecule has 0 aromatic heterocycles. The summed E-state index contributed by atoms with van der Waals surface area (Å²) in [7, 11) is 0. The van der Waals surface area contributed by atoms with Gasteiger partial charge in [0.05, 0.1) is 17.2 Å². The molecular formula is C23H27NO10. The third-order valence-electron chi connectivity index (χ3n) is 5.36. The maximum absolute atomic E-state index is 12.8. The Balaban J connectivity index is 1.94. The number of imide groups is 1. The number of amides is 2. The van der Waals surface area contributed by atoms with Gasteiger partial charge in [-0.05, 0) is 19.1 Å². The molecule has 0 aliphatic carbocycles. The lowest BCUT2D eigenvalue weighted by Crippen LogP contribution is -2.62. The molecule has 2 heterocycles. The van der Waals surface area contributed by atoms with E-state index in [0.29, 0.717) is 5.06 Å². The fourth-order valence-electron chi connectivity index (χ4n) is 3.55. The summed E-state index contributed by atoms with van der Waals surface area (Å²) in [4.78, 5) is 67.6. The van der Waals surface area contributed by atoms with Crippen LogP contribution in [0.1, 0.15) is 67.7 Å². The Kier molecular flexibility index (Phi) is 8.00. The van der Waals surface area contributed by atoms with Crippen molar-refractivity contribution in [2.45, 2.75) is 77.7 Å². The summed E-state index contributed by atoms with van der Waals surface area (Å²) in [6.45, 7) is 6.25. The number of carbonyl (C=O) groups excluding carboxylic acids is 5. The first-order valence-corrected chi connectivity index (χ1v) is 11.1. The fourth-order valence-corrected chi connectivity index (χ4v) is 3.55. The summed E-state index contributed by atoms with van der Waals surface area (Å²) >= 11 is 0. The van der Waals surface area contributed by atoms with Crippen molar-refractivity contribution in [3.8, 4) is 0 Å². The number of esters is 3. The molecule has 34 heavy (non-hydrogen) atoms. The summed E-state index contributed by atoms with van der Waals surface area (Å²) in [5, 5.41) is 0.520. The summed E-state index contributed by atoms with van der Waals surface area (Å²) < 4.78 is 22.2. The van der Waals surface area contributed by atoms with Gasteiger partial charge in [-0.25, -0.2) is 4.84 Å². The molecule has 0 unspecified atom stereocenters. The predicted molar refractivity (Wildman–Crippen MR) is 113 cm³/mol. The zero-order valence-electron chi connectivity index (χ0n) is 19.3. The number of fused-ring (bicyclic) bond motifs is 1. The van der Waals surface area contributed by atoms with Crippen LogP contribution >= 0.6 is 0 Å². The van der Waals surface area contributed by atoms with E-state index in [1.165, 1.54) is 19.1 Å². The van der Waals surface area contributed by atoms with Gasteiger partial charge >= 0.3 is 17.9 Å². The Bertz CT molecular complexity index is 941. The van der Waals surface area contributed by atoms with Crippen LogP contribution < -0.4 is 0 Å². The number of rotatable bonds is 8. The largest absolute Gasteiger partial charge is 0.455 e. The molecule has 0 saturated carbocycles. The van der Waals surface area contributed by atoms with Crippen molar-refractivity contribution in [2.24, 2.45) is 0 Å². The summed E-state index contributed by atoms with van der Waals surface area (Å²) in [5.41, 5.74) is 0.282. The van der Waals surface area contributed by atoms with Gasteiger partial charge in [-0.15, -0.1) is 5.06 Å². The van der Waals surface area contributed by atoms with Gasteiger partial charge in [0.15, 0.2) is 18.3 Å². The van der Waals surface area contributed by atoms with Crippen LogP contribution in [0.4, 0.5) is 0 Å². The van der Waals surface area contributed by atoms with Crippen LogP contribution in [0.3, 0.4) is 0 Å². The molecule has 2 aliphatic rings. The minimum atomic E-state index is -1.51. The molecule has 1 aromatic carbocycles. The van der Waals surface area contributed by atoms with Crippen molar-refractivity contribution in [3.05, 3.63) is 35.4 Å². The van der Waals surface area contributed by atoms with Crippen molar-refractivity contribution in [2.75, 3.05) is 0 Å². The average molecular weight is 477 g/mol. The van der Waals surface area contributed by atoms with Crippen molar-refractivity contribution >= 4 is 29.7 Å². The van der Waals surface area contributed by atoms with Gasteiger partial charge in [0.1, 0.15) is 0 Å². The van der Waals surface area contributed by atoms with Gasteiger partial charge < -0.3 is 18.9 Å². The molecule has 5 atom stereocenters. The van der Waals surface area contributed by atoms with E-state index in [0.717, 1.165) is 0 Å². The van der Waals surface area contributed by atoms with Crippen LogP contribution in [0, 0.1) is 0 Å². The highest BCUT2D eigenvalue weighted by Gasteiger charge is 2.53. The first kappa shape index (κ1) is 25.3. The molecule has 184 valence electrons. The average Bonchev–Trinajstić information content (AvgIpc) is 3.07. The molecule has 3 rings (SSSR count). The maximum Gasteiger partial charge on any atom is 0.306 e. The van der Waals surface area contributed by atoms with E-state index >= 15 is 0 Å². The van der Waals surface area contributed by atoms with Gasteiger partial charge in [0, 0.05) is 19.3 Å². The molecule has 1 aromatic rings. The quantitative estimate of drug-likeness (QED) is 0.310. The second-order valence-corrected chi connectivity index (χ2v) is 7.69. The number of hydroxylamine groups is 2. The second kappa shape index (κ2) is 10.7. The van der Waals surface area contributed by atoms with Crippen molar-refractivity contribution in [3.63, 3.8) is 0 Å². The van der Waals surface area contributed by atoms with E-state index in [1.54, 1.807) is 32.9 Å². The number of ether oxygens (including phenoxy) is 4. The van der Waals surface area contributed by atoms with E-state index < -0.39 is 60.4 Å². The normalized spacial score (nSPS) is 26.1. The number of nitrogens with zero attached hydrogens (tertiary/aromatic N) is 1. The maximum atomic E-state index is 12.8. The highest BCUT2D eigenvalue weighted by Crippen LogP contribution is 2.32. The van der Waals surface area contributed by atoms with Gasteiger partial charge in [-0.1, -0.05) is 32.9 Å². The first-order chi connectivity index (χ1) is 16.2. The summed E-state index contributed by atoms with van der Waals surface area (Å²) in [6.07, 6.45) is -6.26. The van der Waals surface area contributed by atoms with Crippen LogP contribution in [0.5, 0.6) is 0 Å². The molecule has 2 amide bonds. The Hall–Kier alpha value is -3.31. The summed E-state index contributed by atoms with van der Waals surface area (Å²) in [5.74, 6) is -3.36. The van der Waals surface area contributed by atoms with Gasteiger partial charge in [0.2, 0.25) is 6.29 Å². The number of hydrogen-bond donors (Lipinski definition) is 0. The smallest absolute Gasteiger partial charge is 0.306 e. The predicted octanol–water partition coefficient (Wildman–Crippen LogP) is 1.92. The van der Waals surface area contributed by atoms with E-state index in [-0.39, 0.29) is 30.4 Å². The van der Waals surface area contributed by atoms with Crippen LogP contribution in [0.25, 0.3) is 0 Å². The number of carbonyl (C=O) groups is 5. The molecule has 0 spiro atoms. The number of benzene rings is 1. The molecule has 1 saturated heterocycles. The third kappa shape index (κ3) is 5.10. The minimum absolute atomic E-state index is 0.00143. The fraction of sp³-hybridized carbons (Fsp3) is 0.522. The molecule has 0 N–H and O–H groups in total. The van der Waals surface area contributed by atoms with Crippen LogP contribution in [-0.2, 0) is 38.2 Å². The SMILES string of the molecule is CCC(=O)O[C@H]1[C@H](OC(=O)CC)[C@H](ON2C(=O)c3ccccc3C2=O)O[C@@H](C)[C@H]1OC(=O)CC. The number of hydrogen-bond acceptors (Lipinski definition) is 10. The molecule has 2 aliphatic heterocycles. The van der Waals surface area contributed by atoms with Crippen molar-refractivity contribution in [1.29, 1.82) is 0 Å². The zero-order chi connectivity index (χ0) is 25.0. The zero-order valence-corrected chi connectivity index (χ0v) is 19.3. The Morgan fingerprint density at radius 1 is 0.794 bits per heavy atom. The molecule has 0 radical (unpaired) electrons. The van der Waals surface area contributed by atoms with Gasteiger partial charge in [-0.2, -0.15) is 0 Å². The lowest BCUT2D eigenvalue weighted by atomic mass is 9.98. The van der Waals surface area contributed by atoms with Crippen LogP contribution in [-0.4, -0.2) is 65.5 Å². The van der Waals surface area contributed by atoms with Crippen molar-refractivity contribution < 1.29 is 47.8 Å². The van der Waals surface area contributed by atoms with Crippen molar-refractivity contribution in [1.82, 2.24) is 5.06 Å². The van der Waals surface area contributed by atoms with E-state index in [4.69, 9.17) is 23.8 Å². The lowest BCUT2D eigenvalue weighted by molar-refractivity contribution is -0.336. The molecule has 1 fully saturated rings. The lowest BCUT2D eigenvalue weighted by Gasteiger charge is -2.43. The Morgan fingerprint density at radius 3 is 1.71 bits per heavy atom. The standard InChI is InChI=1S/C23H27NO10/c1-5-15(25)31-18-12(4)30-23(20(33-17(27)7-3)19(18)32-16(26)6-2)34-24-21(28)13-10-8-9-11-14(13)22(24)29/h8-12,18-20,23H,5-7H2,1-4H3/t12-,18+,19+,20-,23-/m0/s1. The van der Waals surface area contributed by atoms with Crippen LogP contribution in [0.15, 0.2) is 24.3 Å². The Morgan fingerprint density at radius 2 is 1.24 bits per heavy atom. The topological polar surface area (TPSA) is 135 Å². The van der Waals surface area contributed by atoms with E-state index in [9.17, 15) is 24.0 Å². The molecule has 0 bridgehead atoms. The third-order valence-corrected chi connectivity index (χ3v) is 5.36. The van der Waals surface area contributed by atoms with E-state index in [2.05, 4.69) is 0 Å². The first-order valence-electron chi connectivity index (χ1n) is 11.1. The van der Waals surface area contributed by atoms with Gasteiger partial charge in [0.25, 0.3) is 11.8 Å². The molecular weight excluding hydrogens is 450 g/mol. The Labute approximate surface area is 196 Å². The summed E-state index contributed by atoms with van der Waals surface area (Å²) in [6, 6.07) is 6.16. The molecule has 11 nitrogen and oxygen atoms in total.